The first-order valence-electron chi connectivity index (χ1n) is 8.91. The van der Waals surface area contributed by atoms with Crippen LogP contribution in [0.15, 0.2) is 18.2 Å². The summed E-state index contributed by atoms with van der Waals surface area (Å²) < 4.78 is 10.5. The first kappa shape index (κ1) is 18.9. The number of hydrogen-bond acceptors (Lipinski definition) is 6. The van der Waals surface area contributed by atoms with E-state index in [0.29, 0.717) is 6.42 Å². The second-order valence-electron chi connectivity index (χ2n) is 6.88. The largest absolute Gasteiger partial charge is 0.490 e. The van der Waals surface area contributed by atoms with Gasteiger partial charge in [0.05, 0.1) is 12.0 Å². The standard InChI is InChI=1S/C18H22N2O7/c1-26-16-9-12(6-7-14(16)20(24)25)27-10-17(21)19-13-5-3-2-4-11(13)8-15(19)18(22)23/h6-7,9,11,13,15H,2-5,8,10H2,1H3,(H,22,23). The van der Waals surface area contributed by atoms with Gasteiger partial charge in [-0.05, 0) is 31.2 Å². The Balaban J connectivity index is 1.71. The molecule has 1 heterocycles. The van der Waals surface area contributed by atoms with Crippen LogP contribution in [0.25, 0.3) is 0 Å². The van der Waals surface area contributed by atoms with Crippen molar-refractivity contribution in [3.05, 3.63) is 28.3 Å². The van der Waals surface area contributed by atoms with Crippen LogP contribution >= 0.6 is 0 Å². The Kier molecular flexibility index (Phi) is 5.48. The van der Waals surface area contributed by atoms with Gasteiger partial charge in [0.25, 0.3) is 5.91 Å². The third-order valence-electron chi connectivity index (χ3n) is 5.37. The van der Waals surface area contributed by atoms with E-state index in [1.165, 1.54) is 30.2 Å². The number of nitro groups is 1. The van der Waals surface area contributed by atoms with Crippen LogP contribution in [0, 0.1) is 16.0 Å². The summed E-state index contributed by atoms with van der Waals surface area (Å²) in [5.74, 6) is -0.869. The highest BCUT2D eigenvalue weighted by Gasteiger charge is 2.47. The van der Waals surface area contributed by atoms with E-state index in [1.807, 2.05) is 0 Å². The number of nitro benzene ring substituents is 1. The highest BCUT2D eigenvalue weighted by molar-refractivity contribution is 5.85. The molecule has 1 aliphatic heterocycles. The van der Waals surface area contributed by atoms with Crippen LogP contribution in [0.4, 0.5) is 5.69 Å². The minimum atomic E-state index is -0.991. The van der Waals surface area contributed by atoms with Gasteiger partial charge in [0.2, 0.25) is 5.75 Å². The van der Waals surface area contributed by atoms with Crippen molar-refractivity contribution in [1.82, 2.24) is 4.90 Å². The summed E-state index contributed by atoms with van der Waals surface area (Å²) in [7, 11) is 1.31. The molecule has 1 aromatic rings. The molecule has 9 heteroatoms. The Hall–Kier alpha value is -2.84. The number of carbonyl (C=O) groups is 2. The monoisotopic (exact) mass is 378 g/mol. The summed E-state index contributed by atoms with van der Waals surface area (Å²) in [6, 6.07) is 3.10. The van der Waals surface area contributed by atoms with E-state index < -0.39 is 16.9 Å². The predicted octanol–water partition coefficient (Wildman–Crippen LogP) is 2.23. The van der Waals surface area contributed by atoms with E-state index in [9.17, 15) is 24.8 Å². The van der Waals surface area contributed by atoms with Gasteiger partial charge in [-0.2, -0.15) is 0 Å². The van der Waals surface area contributed by atoms with Gasteiger partial charge < -0.3 is 19.5 Å². The minimum Gasteiger partial charge on any atom is -0.490 e. The van der Waals surface area contributed by atoms with Gasteiger partial charge in [0.15, 0.2) is 6.61 Å². The van der Waals surface area contributed by atoms with E-state index in [1.54, 1.807) is 0 Å². The fourth-order valence-electron chi connectivity index (χ4n) is 4.16. The highest BCUT2D eigenvalue weighted by Crippen LogP contribution is 2.40. The normalized spacial score (nSPS) is 24.2. The number of aliphatic carboxylic acids is 1. The van der Waals surface area contributed by atoms with E-state index >= 15 is 0 Å². The maximum Gasteiger partial charge on any atom is 0.326 e. The van der Waals surface area contributed by atoms with Crippen molar-refractivity contribution in [2.45, 2.75) is 44.2 Å². The molecule has 1 amide bonds. The van der Waals surface area contributed by atoms with Crippen molar-refractivity contribution in [3.63, 3.8) is 0 Å². The summed E-state index contributed by atoms with van der Waals surface area (Å²) in [4.78, 5) is 36.2. The van der Waals surface area contributed by atoms with Gasteiger partial charge in [0, 0.05) is 18.2 Å². The maximum absolute atomic E-state index is 12.7. The molecule has 3 unspecified atom stereocenters. The first-order valence-corrected chi connectivity index (χ1v) is 8.91. The zero-order valence-electron chi connectivity index (χ0n) is 15.0. The van der Waals surface area contributed by atoms with Crippen LogP contribution in [0.1, 0.15) is 32.1 Å². The lowest BCUT2D eigenvalue weighted by Crippen LogP contribution is -2.48. The van der Waals surface area contributed by atoms with Crippen LogP contribution in [0.5, 0.6) is 11.5 Å². The van der Waals surface area contributed by atoms with Gasteiger partial charge in [-0.1, -0.05) is 12.8 Å². The number of carboxylic acids is 1. The van der Waals surface area contributed by atoms with Gasteiger partial charge in [-0.15, -0.1) is 0 Å². The lowest BCUT2D eigenvalue weighted by molar-refractivity contribution is -0.385. The molecular formula is C18H22N2O7. The van der Waals surface area contributed by atoms with Crippen LogP contribution in [0.3, 0.4) is 0 Å². The maximum atomic E-state index is 12.7. The molecule has 3 rings (SSSR count). The Morgan fingerprint density at radius 1 is 1.33 bits per heavy atom. The Labute approximate surface area is 156 Å². The average molecular weight is 378 g/mol. The van der Waals surface area contributed by atoms with Gasteiger partial charge >= 0.3 is 11.7 Å². The van der Waals surface area contributed by atoms with Crippen LogP contribution in [-0.4, -0.2) is 52.6 Å². The molecule has 3 atom stereocenters. The Bertz CT molecular complexity index is 751. The van der Waals surface area contributed by atoms with Crippen LogP contribution in [0.2, 0.25) is 0 Å². The molecular weight excluding hydrogens is 356 g/mol. The number of fused-ring (bicyclic) bond motifs is 1. The Morgan fingerprint density at radius 3 is 2.74 bits per heavy atom. The zero-order chi connectivity index (χ0) is 19.6. The van der Waals surface area contributed by atoms with Crippen LogP contribution in [-0.2, 0) is 9.59 Å². The van der Waals surface area contributed by atoms with Crippen molar-refractivity contribution in [2.24, 2.45) is 5.92 Å². The number of nitrogens with zero attached hydrogens (tertiary/aromatic N) is 2. The molecule has 9 nitrogen and oxygen atoms in total. The molecule has 2 fully saturated rings. The fraction of sp³-hybridized carbons (Fsp3) is 0.556. The molecule has 146 valence electrons. The number of ether oxygens (including phenoxy) is 2. The quantitative estimate of drug-likeness (QED) is 0.595. The topological polar surface area (TPSA) is 119 Å². The lowest BCUT2D eigenvalue weighted by Gasteiger charge is -2.32. The number of benzene rings is 1. The number of likely N-dealkylation sites (tertiary alicyclic amines) is 1. The summed E-state index contributed by atoms with van der Waals surface area (Å²) in [5.41, 5.74) is -0.202. The van der Waals surface area contributed by atoms with Gasteiger partial charge in [-0.3, -0.25) is 14.9 Å². The molecule has 2 aliphatic rings. The van der Waals surface area contributed by atoms with Gasteiger partial charge in [0.1, 0.15) is 11.8 Å². The average Bonchev–Trinajstić information content (AvgIpc) is 3.05. The van der Waals surface area contributed by atoms with E-state index in [4.69, 9.17) is 9.47 Å². The highest BCUT2D eigenvalue weighted by atomic mass is 16.6. The van der Waals surface area contributed by atoms with Crippen molar-refractivity contribution >= 4 is 17.6 Å². The molecule has 0 spiro atoms. The Morgan fingerprint density at radius 2 is 2.07 bits per heavy atom. The smallest absolute Gasteiger partial charge is 0.326 e. The van der Waals surface area contributed by atoms with Crippen molar-refractivity contribution in [1.29, 1.82) is 0 Å². The summed E-state index contributed by atoms with van der Waals surface area (Å²) in [6.45, 7) is -0.325. The molecule has 1 N–H and O–H groups in total. The van der Waals surface area contributed by atoms with E-state index in [0.717, 1.165) is 25.7 Å². The molecule has 0 radical (unpaired) electrons. The third-order valence-corrected chi connectivity index (χ3v) is 5.37. The molecule has 0 bridgehead atoms. The summed E-state index contributed by atoms with van der Waals surface area (Å²) in [5, 5.41) is 20.4. The van der Waals surface area contributed by atoms with Crippen LogP contribution < -0.4 is 9.47 Å². The van der Waals surface area contributed by atoms with E-state index in [-0.39, 0.29) is 41.7 Å². The molecule has 1 aromatic carbocycles. The van der Waals surface area contributed by atoms with E-state index in [2.05, 4.69) is 0 Å². The van der Waals surface area contributed by atoms with Crippen molar-refractivity contribution < 1.29 is 29.1 Å². The number of rotatable bonds is 6. The molecule has 1 saturated heterocycles. The first-order chi connectivity index (χ1) is 12.9. The second-order valence-corrected chi connectivity index (χ2v) is 6.88. The lowest BCUT2D eigenvalue weighted by atomic mass is 9.85. The van der Waals surface area contributed by atoms with Crippen molar-refractivity contribution in [3.8, 4) is 11.5 Å². The molecule has 1 aliphatic carbocycles. The molecule has 1 saturated carbocycles. The number of amides is 1. The second kappa shape index (κ2) is 7.81. The third kappa shape index (κ3) is 3.81. The SMILES string of the molecule is COc1cc(OCC(=O)N2C(C(=O)O)CC3CCCCC32)ccc1[N+](=O)[O-]. The number of carboxylic acid groups (broad SMARTS) is 1. The zero-order valence-corrected chi connectivity index (χ0v) is 15.0. The number of hydrogen-bond donors (Lipinski definition) is 1. The number of carbonyl (C=O) groups excluding carboxylic acids is 1. The number of methoxy groups -OCH3 is 1. The summed E-state index contributed by atoms with van der Waals surface area (Å²) >= 11 is 0. The van der Waals surface area contributed by atoms with Crippen molar-refractivity contribution in [2.75, 3.05) is 13.7 Å². The minimum absolute atomic E-state index is 0.0295. The van der Waals surface area contributed by atoms with Gasteiger partial charge in [-0.25, -0.2) is 4.79 Å². The predicted molar refractivity (Wildman–Crippen MR) is 93.8 cm³/mol. The summed E-state index contributed by atoms with van der Waals surface area (Å²) in [6.07, 6.45) is 4.29. The molecule has 0 aromatic heterocycles. The fourth-order valence-corrected chi connectivity index (χ4v) is 4.16. The molecule has 27 heavy (non-hydrogen) atoms.